The molecule has 1 aromatic heterocycles. The number of hydrogen-bond acceptors (Lipinski definition) is 6. The number of sulfonamides is 1. The number of rotatable bonds is 7. The lowest BCUT2D eigenvalue weighted by atomic mass is 10.2. The van der Waals surface area contributed by atoms with Crippen LogP contribution in [0.2, 0.25) is 0 Å². The average molecular weight is 374 g/mol. The maximum absolute atomic E-state index is 11.3. The molecule has 0 aliphatic carbocycles. The van der Waals surface area contributed by atoms with Crippen molar-refractivity contribution in [3.63, 3.8) is 0 Å². The van der Waals surface area contributed by atoms with Crippen molar-refractivity contribution in [2.75, 3.05) is 13.7 Å². The maximum atomic E-state index is 11.3. The fourth-order valence-electron chi connectivity index (χ4n) is 1.32. The Bertz CT molecular complexity index is 516. The number of halogens is 1. The van der Waals surface area contributed by atoms with E-state index in [9.17, 15) is 8.42 Å². The standard InChI is InChI=1S/C10H16BrNO5S2/c1-4-16-10(15-3)17-6(2)7-5-8(18-9(7)11)19(12,13)14/h5-6,10H,4H2,1-3H3,(H2,12,13,14). The first-order chi connectivity index (χ1) is 8.79. The Hall–Kier alpha value is -0.0300. The van der Waals surface area contributed by atoms with Gasteiger partial charge in [-0.1, -0.05) is 0 Å². The first-order valence-corrected chi connectivity index (χ1v) is 8.57. The molecule has 2 unspecified atom stereocenters. The first-order valence-electron chi connectivity index (χ1n) is 5.41. The van der Waals surface area contributed by atoms with Crippen molar-refractivity contribution in [3.05, 3.63) is 15.4 Å². The minimum absolute atomic E-state index is 0.0789. The van der Waals surface area contributed by atoms with Crippen molar-refractivity contribution in [2.45, 2.75) is 30.6 Å². The molecule has 110 valence electrons. The molecule has 0 spiro atoms. The van der Waals surface area contributed by atoms with Gasteiger partial charge in [-0.25, -0.2) is 13.6 Å². The van der Waals surface area contributed by atoms with Crippen molar-refractivity contribution in [2.24, 2.45) is 5.14 Å². The van der Waals surface area contributed by atoms with Gasteiger partial charge in [0.1, 0.15) is 4.21 Å². The molecule has 9 heteroatoms. The van der Waals surface area contributed by atoms with Gasteiger partial charge in [0, 0.05) is 19.3 Å². The molecule has 2 atom stereocenters. The minimum atomic E-state index is -3.71. The Balaban J connectivity index is 2.88. The number of nitrogens with two attached hydrogens (primary N) is 1. The fourth-order valence-corrected chi connectivity index (χ4v) is 4.31. The van der Waals surface area contributed by atoms with Gasteiger partial charge >= 0.3 is 0 Å². The molecule has 1 rings (SSSR count). The lowest BCUT2D eigenvalue weighted by Gasteiger charge is -2.20. The van der Waals surface area contributed by atoms with Crippen molar-refractivity contribution in [3.8, 4) is 0 Å². The third kappa shape index (κ3) is 4.78. The Morgan fingerprint density at radius 2 is 2.16 bits per heavy atom. The molecule has 0 bridgehead atoms. The maximum Gasteiger partial charge on any atom is 0.271 e. The van der Waals surface area contributed by atoms with Crippen LogP contribution in [0.4, 0.5) is 0 Å². The normalized spacial score (nSPS) is 15.4. The molecule has 0 aliphatic heterocycles. The summed E-state index contributed by atoms with van der Waals surface area (Å²) in [4.78, 5) is 0. The third-order valence-electron chi connectivity index (χ3n) is 2.22. The Labute approximate surface area is 125 Å². The molecule has 0 saturated heterocycles. The largest absolute Gasteiger partial charge is 0.333 e. The van der Waals surface area contributed by atoms with Crippen LogP contribution in [-0.4, -0.2) is 28.6 Å². The molecule has 0 fully saturated rings. The fraction of sp³-hybridized carbons (Fsp3) is 0.600. The summed E-state index contributed by atoms with van der Waals surface area (Å²) in [5.41, 5.74) is 0.677. The lowest BCUT2D eigenvalue weighted by molar-refractivity contribution is -0.292. The number of ether oxygens (including phenoxy) is 3. The molecule has 0 amide bonds. The number of thiophene rings is 1. The van der Waals surface area contributed by atoms with E-state index < -0.39 is 22.6 Å². The van der Waals surface area contributed by atoms with E-state index in [0.29, 0.717) is 16.0 Å². The topological polar surface area (TPSA) is 87.8 Å². The summed E-state index contributed by atoms with van der Waals surface area (Å²) in [6.07, 6.45) is -0.405. The highest BCUT2D eigenvalue weighted by molar-refractivity contribution is 9.11. The summed E-state index contributed by atoms with van der Waals surface area (Å²) in [7, 11) is -2.25. The SMILES string of the molecule is CCOC(OC)OC(C)c1cc(S(N)(=O)=O)sc1Br. The van der Waals surface area contributed by atoms with E-state index in [0.717, 1.165) is 11.3 Å². The predicted molar refractivity (Wildman–Crippen MR) is 75.3 cm³/mol. The number of hydrogen-bond donors (Lipinski definition) is 1. The third-order valence-corrected chi connectivity index (χ3v) is 5.52. The Kier molecular flexibility index (Phi) is 6.37. The first kappa shape index (κ1) is 17.0. The van der Waals surface area contributed by atoms with Crippen LogP contribution in [-0.2, 0) is 24.2 Å². The second-order valence-corrected chi connectivity index (χ2v) is 7.76. The Morgan fingerprint density at radius 3 is 2.58 bits per heavy atom. The van der Waals surface area contributed by atoms with Crippen LogP contribution >= 0.6 is 27.3 Å². The van der Waals surface area contributed by atoms with E-state index in [2.05, 4.69) is 15.9 Å². The molecule has 2 N–H and O–H groups in total. The smallest absolute Gasteiger partial charge is 0.271 e. The molecule has 6 nitrogen and oxygen atoms in total. The average Bonchev–Trinajstić information content (AvgIpc) is 2.70. The van der Waals surface area contributed by atoms with E-state index in [1.807, 2.05) is 6.92 Å². The zero-order chi connectivity index (χ0) is 14.6. The van der Waals surface area contributed by atoms with Crippen molar-refractivity contribution in [1.82, 2.24) is 0 Å². The molecule has 1 aromatic rings. The van der Waals surface area contributed by atoms with Crippen molar-refractivity contribution in [1.29, 1.82) is 0 Å². The summed E-state index contributed by atoms with van der Waals surface area (Å²) in [6.45, 7) is 3.23. The highest BCUT2D eigenvalue weighted by Gasteiger charge is 2.22. The van der Waals surface area contributed by atoms with Gasteiger partial charge in [0.2, 0.25) is 10.0 Å². The van der Waals surface area contributed by atoms with Gasteiger partial charge in [-0.3, -0.25) is 0 Å². The molecule has 0 aliphatic rings. The molecular formula is C10H16BrNO5S2. The Morgan fingerprint density at radius 1 is 1.53 bits per heavy atom. The van der Waals surface area contributed by atoms with Gasteiger partial charge in [0.15, 0.2) is 0 Å². The summed E-state index contributed by atoms with van der Waals surface area (Å²) in [5.74, 6) is 0. The van der Waals surface area contributed by atoms with Crippen molar-refractivity contribution < 1.29 is 22.6 Å². The monoisotopic (exact) mass is 373 g/mol. The molecular weight excluding hydrogens is 358 g/mol. The van der Waals surface area contributed by atoms with Gasteiger partial charge in [-0.2, -0.15) is 0 Å². The van der Waals surface area contributed by atoms with Crippen LogP contribution in [0.15, 0.2) is 14.1 Å². The van der Waals surface area contributed by atoms with Gasteiger partial charge in [-0.05, 0) is 35.8 Å². The molecule has 1 heterocycles. The van der Waals surface area contributed by atoms with E-state index >= 15 is 0 Å². The second-order valence-electron chi connectivity index (χ2n) is 3.60. The minimum Gasteiger partial charge on any atom is -0.333 e. The van der Waals surface area contributed by atoms with Crippen LogP contribution < -0.4 is 5.14 Å². The van der Waals surface area contributed by atoms with Crippen LogP contribution in [0.3, 0.4) is 0 Å². The highest BCUT2D eigenvalue weighted by Crippen LogP contribution is 2.36. The van der Waals surface area contributed by atoms with E-state index in [1.165, 1.54) is 13.2 Å². The molecule has 0 saturated carbocycles. The predicted octanol–water partition coefficient (Wildman–Crippen LogP) is 2.20. The molecule has 19 heavy (non-hydrogen) atoms. The quantitative estimate of drug-likeness (QED) is 0.740. The van der Waals surface area contributed by atoms with Crippen LogP contribution in [0.25, 0.3) is 0 Å². The summed E-state index contributed by atoms with van der Waals surface area (Å²) in [5, 5.41) is 5.09. The molecule has 0 aromatic carbocycles. The highest BCUT2D eigenvalue weighted by atomic mass is 79.9. The zero-order valence-corrected chi connectivity index (χ0v) is 14.0. The number of primary sulfonamides is 1. The molecule has 0 radical (unpaired) electrons. The second kappa shape index (κ2) is 7.11. The van der Waals surface area contributed by atoms with Gasteiger partial charge in [0.05, 0.1) is 9.89 Å². The van der Waals surface area contributed by atoms with Crippen LogP contribution in [0, 0.1) is 0 Å². The summed E-state index contributed by atoms with van der Waals surface area (Å²) in [6, 6.07) is 1.48. The summed E-state index contributed by atoms with van der Waals surface area (Å²) < 4.78 is 39.0. The number of methoxy groups -OCH3 is 1. The van der Waals surface area contributed by atoms with E-state index in [1.54, 1.807) is 6.92 Å². The zero-order valence-electron chi connectivity index (χ0n) is 10.8. The van der Waals surface area contributed by atoms with Gasteiger partial charge in [-0.15, -0.1) is 11.3 Å². The lowest BCUT2D eigenvalue weighted by Crippen LogP contribution is -2.21. The van der Waals surface area contributed by atoms with E-state index in [4.69, 9.17) is 19.3 Å². The van der Waals surface area contributed by atoms with Gasteiger partial charge in [0.25, 0.3) is 6.48 Å². The van der Waals surface area contributed by atoms with Crippen LogP contribution in [0.1, 0.15) is 25.5 Å². The van der Waals surface area contributed by atoms with Crippen molar-refractivity contribution >= 4 is 37.3 Å². The van der Waals surface area contributed by atoms with E-state index in [-0.39, 0.29) is 4.21 Å². The van der Waals surface area contributed by atoms with Crippen LogP contribution in [0.5, 0.6) is 0 Å². The van der Waals surface area contributed by atoms with Gasteiger partial charge < -0.3 is 14.2 Å². The summed E-state index contributed by atoms with van der Waals surface area (Å²) >= 11 is 4.34.